The van der Waals surface area contributed by atoms with Crippen LogP contribution in [0.5, 0.6) is 5.75 Å². The normalized spacial score (nSPS) is 10.1. The average molecular weight is 323 g/mol. The lowest BCUT2D eigenvalue weighted by molar-refractivity contribution is 0.0475. The quantitative estimate of drug-likeness (QED) is 0.624. The van der Waals surface area contributed by atoms with Crippen molar-refractivity contribution in [2.75, 3.05) is 13.7 Å². The van der Waals surface area contributed by atoms with Crippen LogP contribution in [0.3, 0.4) is 0 Å². The lowest BCUT2D eigenvalue weighted by Gasteiger charge is -2.06. The number of benzene rings is 2. The van der Waals surface area contributed by atoms with Crippen LogP contribution in [0.15, 0.2) is 42.5 Å². The molecule has 0 heterocycles. The maximum atomic E-state index is 12.9. The summed E-state index contributed by atoms with van der Waals surface area (Å²) in [5, 5.41) is -0.0677. The van der Waals surface area contributed by atoms with Crippen LogP contribution in [-0.4, -0.2) is 25.5 Å². The van der Waals surface area contributed by atoms with E-state index < -0.39 is 18.4 Å². The van der Waals surface area contributed by atoms with Crippen LogP contribution in [0.25, 0.3) is 0 Å². The predicted octanol–water partition coefficient (Wildman–Crippen LogP) is 3.53. The minimum atomic E-state index is -0.785. The number of carbonyl (C=O) groups excluding carboxylic acids is 2. The zero-order valence-corrected chi connectivity index (χ0v) is 12.4. The van der Waals surface area contributed by atoms with Gasteiger partial charge in [0.05, 0.1) is 17.7 Å². The fourth-order valence-electron chi connectivity index (χ4n) is 1.72. The van der Waals surface area contributed by atoms with E-state index in [-0.39, 0.29) is 16.4 Å². The number of hydrogen-bond acceptors (Lipinski definition) is 4. The molecule has 22 heavy (non-hydrogen) atoms. The molecule has 2 aromatic carbocycles. The first-order valence-electron chi connectivity index (χ1n) is 6.30. The maximum absolute atomic E-state index is 12.9. The van der Waals surface area contributed by atoms with E-state index in [1.807, 2.05) is 0 Å². The topological polar surface area (TPSA) is 52.6 Å². The van der Waals surface area contributed by atoms with Crippen molar-refractivity contribution in [3.63, 3.8) is 0 Å². The Bertz CT molecular complexity index is 698. The Hall–Kier alpha value is -2.40. The summed E-state index contributed by atoms with van der Waals surface area (Å²) in [5.74, 6) is -1.09. The molecular formula is C16H12ClFO4. The first kappa shape index (κ1) is 16.0. The average Bonchev–Trinajstić information content (AvgIpc) is 2.52. The molecule has 2 rings (SSSR count). The number of ketones is 1. The number of Topliss-reactive ketones (excluding diaryl/α,β-unsaturated/α-hetero) is 1. The van der Waals surface area contributed by atoms with Gasteiger partial charge in [-0.3, -0.25) is 4.79 Å². The highest BCUT2D eigenvalue weighted by Crippen LogP contribution is 2.18. The lowest BCUT2D eigenvalue weighted by Crippen LogP contribution is -2.14. The van der Waals surface area contributed by atoms with Crippen molar-refractivity contribution in [2.24, 2.45) is 0 Å². The highest BCUT2D eigenvalue weighted by atomic mass is 35.5. The van der Waals surface area contributed by atoms with Crippen LogP contribution in [0.1, 0.15) is 20.7 Å². The summed E-state index contributed by atoms with van der Waals surface area (Å²) in [4.78, 5) is 23.7. The molecule has 2 aromatic rings. The number of hydrogen-bond donors (Lipinski definition) is 0. The lowest BCUT2D eigenvalue weighted by atomic mass is 10.1. The largest absolute Gasteiger partial charge is 0.497 e. The number of methoxy groups -OCH3 is 1. The van der Waals surface area contributed by atoms with Gasteiger partial charge in [-0.2, -0.15) is 0 Å². The van der Waals surface area contributed by atoms with E-state index in [9.17, 15) is 14.0 Å². The summed E-state index contributed by atoms with van der Waals surface area (Å²) in [6.07, 6.45) is 0. The molecule has 0 radical (unpaired) electrons. The highest BCUT2D eigenvalue weighted by Gasteiger charge is 2.15. The number of rotatable bonds is 5. The van der Waals surface area contributed by atoms with Crippen LogP contribution in [0.2, 0.25) is 5.02 Å². The van der Waals surface area contributed by atoms with Crippen LogP contribution in [-0.2, 0) is 4.74 Å². The second kappa shape index (κ2) is 7.04. The second-order valence-electron chi connectivity index (χ2n) is 4.35. The van der Waals surface area contributed by atoms with Gasteiger partial charge in [0.25, 0.3) is 0 Å². The Morgan fingerprint density at radius 3 is 2.41 bits per heavy atom. The monoisotopic (exact) mass is 322 g/mol. The van der Waals surface area contributed by atoms with Crippen LogP contribution in [0, 0.1) is 5.82 Å². The van der Waals surface area contributed by atoms with Gasteiger partial charge >= 0.3 is 5.97 Å². The second-order valence-corrected chi connectivity index (χ2v) is 4.76. The molecule has 0 N–H and O–H groups in total. The van der Waals surface area contributed by atoms with Gasteiger partial charge in [-0.1, -0.05) is 11.6 Å². The first-order valence-corrected chi connectivity index (χ1v) is 6.68. The molecule has 0 aliphatic heterocycles. The van der Waals surface area contributed by atoms with Gasteiger partial charge in [0, 0.05) is 5.56 Å². The molecule has 0 saturated heterocycles. The molecule has 0 saturated carbocycles. The van der Waals surface area contributed by atoms with E-state index in [4.69, 9.17) is 21.1 Å². The Balaban J connectivity index is 1.99. The summed E-state index contributed by atoms with van der Waals surface area (Å²) in [5.41, 5.74) is 0.393. The molecule has 0 bridgehead atoms. The first-order chi connectivity index (χ1) is 10.5. The smallest absolute Gasteiger partial charge is 0.340 e. The van der Waals surface area contributed by atoms with Gasteiger partial charge < -0.3 is 9.47 Å². The molecule has 0 aromatic heterocycles. The van der Waals surface area contributed by atoms with Crippen molar-refractivity contribution in [1.29, 1.82) is 0 Å². The third kappa shape index (κ3) is 3.83. The molecule has 0 spiro atoms. The highest BCUT2D eigenvalue weighted by molar-refractivity contribution is 6.33. The molecule has 4 nitrogen and oxygen atoms in total. The predicted molar refractivity (Wildman–Crippen MR) is 79.0 cm³/mol. The van der Waals surface area contributed by atoms with Crippen LogP contribution < -0.4 is 4.74 Å². The Kier molecular flexibility index (Phi) is 5.12. The molecule has 0 amide bonds. The molecule has 6 heteroatoms. The van der Waals surface area contributed by atoms with Crippen LogP contribution >= 0.6 is 11.6 Å². The van der Waals surface area contributed by atoms with E-state index >= 15 is 0 Å². The van der Waals surface area contributed by atoms with E-state index in [0.29, 0.717) is 11.3 Å². The fraction of sp³-hybridized carbons (Fsp3) is 0.125. The van der Waals surface area contributed by atoms with Gasteiger partial charge in [-0.05, 0) is 42.5 Å². The number of carbonyl (C=O) groups is 2. The molecule has 0 aliphatic rings. The summed E-state index contributed by atoms with van der Waals surface area (Å²) in [6, 6.07) is 9.70. The van der Waals surface area contributed by atoms with Crippen LogP contribution in [0.4, 0.5) is 4.39 Å². The zero-order valence-electron chi connectivity index (χ0n) is 11.6. The Labute approximate surface area is 131 Å². The third-order valence-electron chi connectivity index (χ3n) is 2.90. The summed E-state index contributed by atoms with van der Waals surface area (Å²) in [7, 11) is 1.52. The summed E-state index contributed by atoms with van der Waals surface area (Å²) >= 11 is 5.75. The molecule has 114 valence electrons. The molecule has 0 aliphatic carbocycles. The van der Waals surface area contributed by atoms with Crippen molar-refractivity contribution in [3.05, 3.63) is 64.4 Å². The van der Waals surface area contributed by atoms with E-state index in [1.165, 1.54) is 13.2 Å². The van der Waals surface area contributed by atoms with E-state index in [2.05, 4.69) is 0 Å². The Morgan fingerprint density at radius 2 is 1.82 bits per heavy atom. The van der Waals surface area contributed by atoms with Crippen molar-refractivity contribution >= 4 is 23.4 Å². The van der Waals surface area contributed by atoms with Crippen molar-refractivity contribution in [3.8, 4) is 5.75 Å². The third-order valence-corrected chi connectivity index (χ3v) is 3.21. The SMILES string of the molecule is COc1ccc(C(=O)COC(=O)c2ccc(F)cc2Cl)cc1. The summed E-state index contributed by atoms with van der Waals surface area (Å²) in [6.45, 7) is -0.432. The molecule has 0 fully saturated rings. The number of ether oxygens (including phenoxy) is 2. The van der Waals surface area contributed by atoms with Crippen molar-refractivity contribution in [1.82, 2.24) is 0 Å². The van der Waals surface area contributed by atoms with Gasteiger partial charge in [-0.25, -0.2) is 9.18 Å². The van der Waals surface area contributed by atoms with E-state index in [0.717, 1.165) is 12.1 Å². The minimum absolute atomic E-state index is 0.00518. The minimum Gasteiger partial charge on any atom is -0.497 e. The Morgan fingerprint density at radius 1 is 1.14 bits per heavy atom. The fourth-order valence-corrected chi connectivity index (χ4v) is 1.97. The van der Waals surface area contributed by atoms with Crippen molar-refractivity contribution < 1.29 is 23.5 Å². The number of halogens is 2. The standard InChI is InChI=1S/C16H12ClFO4/c1-21-12-5-2-10(3-6-12)15(19)9-22-16(20)13-7-4-11(18)8-14(13)17/h2-8H,9H2,1H3. The van der Waals surface area contributed by atoms with Gasteiger partial charge in [0.15, 0.2) is 12.4 Å². The molecular weight excluding hydrogens is 311 g/mol. The number of esters is 1. The van der Waals surface area contributed by atoms with Gasteiger partial charge in [0.2, 0.25) is 0 Å². The maximum Gasteiger partial charge on any atom is 0.340 e. The molecule has 0 unspecified atom stereocenters. The van der Waals surface area contributed by atoms with E-state index in [1.54, 1.807) is 24.3 Å². The van der Waals surface area contributed by atoms with Gasteiger partial charge in [0.1, 0.15) is 11.6 Å². The molecule has 0 atom stereocenters. The van der Waals surface area contributed by atoms with Crippen molar-refractivity contribution in [2.45, 2.75) is 0 Å². The summed E-state index contributed by atoms with van der Waals surface area (Å²) < 4.78 is 22.8. The van der Waals surface area contributed by atoms with Gasteiger partial charge in [-0.15, -0.1) is 0 Å². The zero-order chi connectivity index (χ0) is 16.1.